The molecule has 0 aliphatic rings. The molecule has 22 heavy (non-hydrogen) atoms. The van der Waals surface area contributed by atoms with Crippen molar-refractivity contribution in [3.63, 3.8) is 0 Å². The zero-order chi connectivity index (χ0) is 24.5. The molecule has 0 saturated heterocycles. The van der Waals surface area contributed by atoms with Crippen LogP contribution in [0, 0.1) is 0 Å². The van der Waals surface area contributed by atoms with E-state index in [1.54, 1.807) is 6.92 Å². The molecule has 0 aliphatic heterocycles. The lowest BCUT2D eigenvalue weighted by atomic mass is 10.2. The molecule has 0 heterocycles. The van der Waals surface area contributed by atoms with Crippen molar-refractivity contribution in [2.45, 2.75) is 31.4 Å². The number of rotatable bonds is 7. The monoisotopic (exact) mass is 337 g/mol. The molecule has 8 heteroatoms. The van der Waals surface area contributed by atoms with E-state index >= 15 is 0 Å². The first-order valence-electron chi connectivity index (χ1n) is 10.4. The van der Waals surface area contributed by atoms with Gasteiger partial charge in [-0.25, -0.2) is 22.7 Å². The molecule has 0 radical (unpaired) electrons. The van der Waals surface area contributed by atoms with Crippen molar-refractivity contribution in [3.8, 4) is 0 Å². The zero-order valence-electron chi connectivity index (χ0n) is 20.5. The number of sulfonamides is 1. The van der Waals surface area contributed by atoms with Crippen LogP contribution in [0.15, 0.2) is 29.2 Å². The van der Waals surface area contributed by atoms with E-state index in [2.05, 4.69) is 0 Å². The number of benzene rings is 1. The highest BCUT2D eigenvalue weighted by molar-refractivity contribution is 7.90. The summed E-state index contributed by atoms with van der Waals surface area (Å²) in [5.41, 5.74) is 0.0293. The predicted octanol–water partition coefficient (Wildman–Crippen LogP) is 1.65. The fourth-order valence-corrected chi connectivity index (χ4v) is 2.22. The third-order valence-electron chi connectivity index (χ3n) is 2.20. The van der Waals surface area contributed by atoms with Gasteiger partial charge in [-0.05, 0) is 37.6 Å². The largest absolute Gasteiger partial charge is 0.462 e. The normalized spacial score (nSPS) is 19.4. The average molecular weight is 337 g/mol. The second-order valence-corrected chi connectivity index (χ2v) is 5.36. The van der Waals surface area contributed by atoms with Gasteiger partial charge in [0.15, 0.2) is 0 Å². The molecular weight excluding hydrogens is 308 g/mol. The van der Waals surface area contributed by atoms with E-state index in [-0.39, 0.29) is 12.2 Å². The number of nitrogens with one attached hydrogen (secondary N) is 2. The number of hydrogen-bond acceptors (Lipinski definition) is 5. The number of ether oxygens (including phenoxy) is 1. The average Bonchev–Trinajstić information content (AvgIpc) is 2.59. The molecule has 1 aromatic rings. The number of esters is 1. The Morgan fingerprint density at radius 3 is 2.59 bits per heavy atom. The quantitative estimate of drug-likeness (QED) is 0.737. The fourth-order valence-electron chi connectivity index (χ4n) is 1.31. The Morgan fingerprint density at radius 2 is 2.00 bits per heavy atom. The van der Waals surface area contributed by atoms with Gasteiger partial charge >= 0.3 is 12.0 Å². The molecule has 2 amide bonds. The SMILES string of the molecule is [2H]C([2H])([2H])C([2H])([2H])C([2H])([2H])C([2H])([2H])NC(=O)NS(=O)(=O)c1ccc(C(=O)OCC)cc1. The van der Waals surface area contributed by atoms with Crippen LogP contribution in [0.5, 0.6) is 0 Å². The highest BCUT2D eigenvalue weighted by Crippen LogP contribution is 2.11. The minimum atomic E-state index is -4.60. The van der Waals surface area contributed by atoms with Crippen molar-refractivity contribution < 1.29 is 35.1 Å². The van der Waals surface area contributed by atoms with E-state index < -0.39 is 53.0 Å². The summed E-state index contributed by atoms with van der Waals surface area (Å²) in [6, 6.07) is 2.36. The Morgan fingerprint density at radius 1 is 1.32 bits per heavy atom. The van der Waals surface area contributed by atoms with Crippen molar-refractivity contribution >= 4 is 22.0 Å². The second kappa shape index (κ2) is 8.38. The van der Waals surface area contributed by atoms with Crippen LogP contribution in [0.1, 0.15) is 49.2 Å². The van der Waals surface area contributed by atoms with E-state index in [0.29, 0.717) is 0 Å². The molecule has 2 N–H and O–H groups in total. The van der Waals surface area contributed by atoms with E-state index in [4.69, 9.17) is 17.1 Å². The van der Waals surface area contributed by atoms with Gasteiger partial charge in [0.05, 0.1) is 17.1 Å². The minimum Gasteiger partial charge on any atom is -0.462 e. The Labute approximate surface area is 142 Å². The van der Waals surface area contributed by atoms with Crippen LogP contribution in [-0.4, -0.2) is 33.5 Å². The number of urea groups is 1. The van der Waals surface area contributed by atoms with Gasteiger partial charge in [0.2, 0.25) is 0 Å². The van der Waals surface area contributed by atoms with Gasteiger partial charge in [0, 0.05) is 18.8 Å². The molecule has 0 bridgehead atoms. The van der Waals surface area contributed by atoms with Crippen LogP contribution < -0.4 is 10.0 Å². The topological polar surface area (TPSA) is 102 Å². The Hall–Kier alpha value is -2.09. The van der Waals surface area contributed by atoms with Crippen molar-refractivity contribution in [1.82, 2.24) is 10.0 Å². The molecule has 0 unspecified atom stereocenters. The van der Waals surface area contributed by atoms with Gasteiger partial charge in [-0.1, -0.05) is 13.2 Å². The Balaban J connectivity index is 3.03. The lowest BCUT2D eigenvalue weighted by Gasteiger charge is -2.09. The number of hydrogen-bond donors (Lipinski definition) is 2. The molecule has 7 nitrogen and oxygen atoms in total. The van der Waals surface area contributed by atoms with Gasteiger partial charge < -0.3 is 10.1 Å². The summed E-state index contributed by atoms with van der Waals surface area (Å²) in [5.74, 6) is -0.712. The fraction of sp³-hybridized carbons (Fsp3) is 0.429. The summed E-state index contributed by atoms with van der Waals surface area (Å²) in [5, 5.41) is 1.31. The van der Waals surface area contributed by atoms with Crippen molar-refractivity contribution in [2.75, 3.05) is 13.1 Å². The predicted molar refractivity (Wildman–Crippen MR) is 81.0 cm³/mol. The number of carbonyl (C=O) groups is 2. The first kappa shape index (κ1) is 8.52. The van der Waals surface area contributed by atoms with Gasteiger partial charge in [0.1, 0.15) is 0 Å². The molecule has 0 spiro atoms. The molecular formula is C14H20N2O5S. The van der Waals surface area contributed by atoms with E-state index in [9.17, 15) is 18.0 Å². The van der Waals surface area contributed by atoms with Crippen LogP contribution in [0.3, 0.4) is 0 Å². The standard InChI is InChI=1S/C14H20N2O5S/c1-3-5-10-15-14(18)16-22(19,20)12-8-6-11(7-9-12)13(17)21-4-2/h6-9H,3-5,10H2,1-2H3,(H2,15,16,18)/i1D3,3D2,5D2,10D2. The van der Waals surface area contributed by atoms with Gasteiger partial charge in [0.25, 0.3) is 10.0 Å². The molecule has 0 atom stereocenters. The first-order valence-corrected chi connectivity index (χ1v) is 7.40. The maximum absolute atomic E-state index is 12.3. The molecule has 1 aromatic carbocycles. The van der Waals surface area contributed by atoms with Gasteiger partial charge in [-0.2, -0.15) is 0 Å². The summed E-state index contributed by atoms with van der Waals surface area (Å²) in [6.07, 6.45) is -7.52. The van der Waals surface area contributed by atoms with Crippen LogP contribution >= 0.6 is 0 Å². The van der Waals surface area contributed by atoms with Crippen molar-refractivity contribution in [3.05, 3.63) is 29.8 Å². The zero-order valence-corrected chi connectivity index (χ0v) is 12.3. The van der Waals surface area contributed by atoms with Gasteiger partial charge in [-0.3, -0.25) is 0 Å². The maximum atomic E-state index is 12.3. The summed E-state index contributed by atoms with van der Waals surface area (Å²) in [4.78, 5) is 23.1. The van der Waals surface area contributed by atoms with Crippen LogP contribution in [0.4, 0.5) is 4.79 Å². The summed E-state index contributed by atoms with van der Waals surface area (Å²) in [6.45, 7) is -5.55. The lowest BCUT2D eigenvalue weighted by Crippen LogP contribution is -2.39. The van der Waals surface area contributed by atoms with E-state index in [0.717, 1.165) is 24.3 Å². The number of amides is 2. The molecule has 0 aromatic heterocycles. The lowest BCUT2D eigenvalue weighted by molar-refractivity contribution is 0.0526. The summed E-state index contributed by atoms with van der Waals surface area (Å²) in [7, 11) is -4.60. The molecule has 122 valence electrons. The summed E-state index contributed by atoms with van der Waals surface area (Å²) >= 11 is 0. The third-order valence-corrected chi connectivity index (χ3v) is 3.55. The molecule has 0 fully saturated rings. The first-order chi connectivity index (χ1) is 13.8. The second-order valence-electron chi connectivity index (χ2n) is 3.68. The van der Waals surface area contributed by atoms with E-state index in [1.165, 1.54) is 10.0 Å². The highest BCUT2D eigenvalue weighted by Gasteiger charge is 2.18. The number of carbonyl (C=O) groups excluding carboxylic acids is 2. The van der Waals surface area contributed by atoms with Crippen LogP contribution in [-0.2, 0) is 14.8 Å². The van der Waals surface area contributed by atoms with Gasteiger partial charge in [-0.15, -0.1) is 0 Å². The Kier molecular flexibility index (Phi) is 3.24. The van der Waals surface area contributed by atoms with Crippen molar-refractivity contribution in [1.29, 1.82) is 0 Å². The highest BCUT2D eigenvalue weighted by atomic mass is 32.2. The third kappa shape index (κ3) is 5.36. The summed E-state index contributed by atoms with van der Waals surface area (Å²) < 4.78 is 97.2. The van der Waals surface area contributed by atoms with Crippen LogP contribution in [0.2, 0.25) is 0 Å². The Bertz CT molecular complexity index is 930. The van der Waals surface area contributed by atoms with Crippen LogP contribution in [0.25, 0.3) is 0 Å². The van der Waals surface area contributed by atoms with Crippen molar-refractivity contribution in [2.24, 2.45) is 0 Å². The molecule has 1 rings (SSSR count). The molecule has 0 aliphatic carbocycles. The smallest absolute Gasteiger partial charge is 0.338 e. The molecule has 0 saturated carbocycles. The maximum Gasteiger partial charge on any atom is 0.338 e. The minimum absolute atomic E-state index is 0.0293. The van der Waals surface area contributed by atoms with E-state index in [1.807, 2.05) is 0 Å².